The molecule has 34 heavy (non-hydrogen) atoms. The maximum atomic E-state index is 12.4. The Labute approximate surface area is 208 Å². The molecule has 0 aliphatic carbocycles. The zero-order valence-corrected chi connectivity index (χ0v) is 21.1. The van der Waals surface area contributed by atoms with Gasteiger partial charge in [-0.15, -0.1) is 11.8 Å². The average molecular weight is 496 g/mol. The van der Waals surface area contributed by atoms with Crippen molar-refractivity contribution in [2.45, 2.75) is 38.3 Å². The van der Waals surface area contributed by atoms with E-state index in [4.69, 9.17) is 21.3 Å². The molecule has 0 spiro atoms. The van der Waals surface area contributed by atoms with E-state index in [9.17, 15) is 4.79 Å². The smallest absolute Gasteiger partial charge is 0.232 e. The molecule has 0 radical (unpaired) electrons. The van der Waals surface area contributed by atoms with Gasteiger partial charge in [-0.05, 0) is 32.9 Å². The number of halogens is 1. The fraction of sp³-hybridized carbons (Fsp3) is 0.280. The van der Waals surface area contributed by atoms with Gasteiger partial charge < -0.3 is 14.2 Å². The molecule has 1 aromatic carbocycles. The number of amides is 1. The minimum Gasteiger partial charge on any atom is -0.487 e. The van der Waals surface area contributed by atoms with E-state index in [1.54, 1.807) is 36.9 Å². The molecule has 4 aromatic rings. The number of aryl methyl sites for hydroxylation is 1. The van der Waals surface area contributed by atoms with Crippen LogP contribution in [-0.2, 0) is 11.4 Å². The normalized spacial score (nSPS) is 11.2. The number of carbonyl (C=O) groups excluding carboxylic acids is 1. The number of hydrogen-bond donors (Lipinski definition) is 0. The number of benzene rings is 1. The number of pyridine rings is 2. The fourth-order valence-electron chi connectivity index (χ4n) is 3.45. The third-order valence-corrected chi connectivity index (χ3v) is 6.93. The summed E-state index contributed by atoms with van der Waals surface area (Å²) in [6.45, 7) is 6.16. The van der Waals surface area contributed by atoms with E-state index in [1.807, 2.05) is 55.8 Å². The molecule has 9 heteroatoms. The van der Waals surface area contributed by atoms with E-state index in [0.29, 0.717) is 16.5 Å². The Morgan fingerprint density at radius 3 is 2.82 bits per heavy atom. The highest BCUT2D eigenvalue weighted by Crippen LogP contribution is 2.32. The molecule has 3 aromatic heterocycles. The quantitative estimate of drug-likeness (QED) is 0.308. The molecule has 1 amide bonds. The number of ether oxygens (including phenoxy) is 1. The van der Waals surface area contributed by atoms with Crippen LogP contribution >= 0.6 is 23.4 Å². The van der Waals surface area contributed by atoms with Gasteiger partial charge in [-0.1, -0.05) is 23.7 Å². The lowest BCUT2D eigenvalue weighted by Crippen LogP contribution is -2.34. The predicted molar refractivity (Wildman–Crippen MR) is 136 cm³/mol. The van der Waals surface area contributed by atoms with Crippen LogP contribution in [-0.4, -0.2) is 49.2 Å². The molecule has 0 N–H and O–H groups in total. The second-order valence-electron chi connectivity index (χ2n) is 8.18. The van der Waals surface area contributed by atoms with Crippen LogP contribution in [0.15, 0.2) is 60.3 Å². The van der Waals surface area contributed by atoms with Crippen LogP contribution in [0.1, 0.15) is 25.1 Å². The first kappa shape index (κ1) is 24.0. The van der Waals surface area contributed by atoms with Gasteiger partial charge in [0.05, 0.1) is 22.8 Å². The van der Waals surface area contributed by atoms with E-state index < -0.39 is 0 Å². The summed E-state index contributed by atoms with van der Waals surface area (Å²) in [5, 5.41) is 1.46. The summed E-state index contributed by atoms with van der Waals surface area (Å²) in [6, 6.07) is 8.02. The lowest BCUT2D eigenvalue weighted by Gasteiger charge is -2.21. The first-order chi connectivity index (χ1) is 16.3. The Balaban J connectivity index is 1.60. The average Bonchev–Trinajstić information content (AvgIpc) is 3.35. The number of carbonyl (C=O) groups is 1. The third kappa shape index (κ3) is 5.18. The summed E-state index contributed by atoms with van der Waals surface area (Å²) in [7, 11) is 1.81. The molecule has 0 atom stereocenters. The zero-order chi connectivity index (χ0) is 24.2. The molecule has 0 fully saturated rings. The molecule has 0 aliphatic rings. The number of fused-ring (bicyclic) bond motifs is 1. The highest BCUT2D eigenvalue weighted by Gasteiger charge is 2.16. The van der Waals surface area contributed by atoms with E-state index in [0.717, 1.165) is 32.7 Å². The number of imidazole rings is 1. The minimum absolute atomic E-state index is 0.0487. The predicted octanol–water partition coefficient (Wildman–Crippen LogP) is 5.32. The van der Waals surface area contributed by atoms with Crippen molar-refractivity contribution in [1.82, 2.24) is 24.4 Å². The van der Waals surface area contributed by atoms with Gasteiger partial charge in [-0.2, -0.15) is 0 Å². The molecule has 0 bridgehead atoms. The van der Waals surface area contributed by atoms with Crippen LogP contribution in [0.4, 0.5) is 0 Å². The first-order valence-electron chi connectivity index (χ1n) is 10.9. The molecular weight excluding hydrogens is 470 g/mol. The van der Waals surface area contributed by atoms with Crippen molar-refractivity contribution >= 4 is 40.2 Å². The van der Waals surface area contributed by atoms with Crippen molar-refractivity contribution in [2.24, 2.45) is 0 Å². The molecular formula is C25H26ClN5O2S. The molecule has 0 aliphatic heterocycles. The van der Waals surface area contributed by atoms with E-state index in [-0.39, 0.29) is 18.6 Å². The zero-order valence-electron chi connectivity index (χ0n) is 19.5. The molecule has 0 saturated carbocycles. The summed E-state index contributed by atoms with van der Waals surface area (Å²) < 4.78 is 8.20. The third-order valence-electron chi connectivity index (χ3n) is 5.55. The van der Waals surface area contributed by atoms with Crippen molar-refractivity contribution in [1.29, 1.82) is 0 Å². The van der Waals surface area contributed by atoms with Crippen molar-refractivity contribution in [3.05, 3.63) is 71.7 Å². The highest BCUT2D eigenvalue weighted by atomic mass is 35.5. The summed E-state index contributed by atoms with van der Waals surface area (Å²) in [6.07, 6.45) is 8.73. The lowest BCUT2D eigenvalue weighted by molar-refractivity contribution is -0.128. The Hall–Kier alpha value is -3.10. The lowest BCUT2D eigenvalue weighted by atomic mass is 10.1. The van der Waals surface area contributed by atoms with Gasteiger partial charge in [0.2, 0.25) is 5.91 Å². The molecule has 7 nitrogen and oxygen atoms in total. The number of hydrogen-bond acceptors (Lipinski definition) is 6. The van der Waals surface area contributed by atoms with Crippen molar-refractivity contribution in [3.8, 4) is 11.4 Å². The summed E-state index contributed by atoms with van der Waals surface area (Å²) in [4.78, 5) is 28.1. The largest absolute Gasteiger partial charge is 0.487 e. The van der Waals surface area contributed by atoms with E-state index >= 15 is 0 Å². The second kappa shape index (κ2) is 10.4. The van der Waals surface area contributed by atoms with Gasteiger partial charge in [0.15, 0.2) is 0 Å². The van der Waals surface area contributed by atoms with Crippen molar-refractivity contribution in [2.75, 3.05) is 12.8 Å². The Bertz CT molecular complexity index is 1310. The van der Waals surface area contributed by atoms with Gasteiger partial charge in [-0.3, -0.25) is 9.78 Å². The SMILES string of the molecule is Cc1cc(-n2ccnc2)c2cccc(OCc3c(Cl)cncc3SCC(=O)N(C)C(C)C)c2n1. The van der Waals surface area contributed by atoms with E-state index in [2.05, 4.69) is 9.97 Å². The number of nitrogens with zero attached hydrogens (tertiary/aromatic N) is 5. The number of thioether (sulfide) groups is 1. The molecule has 176 valence electrons. The van der Waals surface area contributed by atoms with Crippen LogP contribution < -0.4 is 4.74 Å². The van der Waals surface area contributed by atoms with Gasteiger partial charge in [-0.25, -0.2) is 9.97 Å². The Morgan fingerprint density at radius 2 is 2.09 bits per heavy atom. The standard InChI is InChI=1S/C25H26ClN5O2S/c1-16(2)30(4)24(32)14-34-23-12-28-11-20(26)19(23)13-33-22-7-5-6-18-21(31-9-8-27-15-31)10-17(3)29-25(18)22/h5-12,15-16H,13-14H2,1-4H3. The van der Waals surface area contributed by atoms with Crippen LogP contribution in [0.25, 0.3) is 16.6 Å². The molecule has 0 unspecified atom stereocenters. The van der Waals surface area contributed by atoms with Gasteiger partial charge in [0, 0.05) is 59.4 Å². The molecule has 0 saturated heterocycles. The van der Waals surface area contributed by atoms with Crippen LogP contribution in [0, 0.1) is 6.92 Å². The van der Waals surface area contributed by atoms with E-state index in [1.165, 1.54) is 11.8 Å². The summed E-state index contributed by atoms with van der Waals surface area (Å²) in [5.41, 5.74) is 3.41. The van der Waals surface area contributed by atoms with Crippen LogP contribution in [0.5, 0.6) is 5.75 Å². The topological polar surface area (TPSA) is 73.1 Å². The summed E-state index contributed by atoms with van der Waals surface area (Å²) in [5.74, 6) is 1.00. The van der Waals surface area contributed by atoms with Gasteiger partial charge >= 0.3 is 0 Å². The van der Waals surface area contributed by atoms with Crippen molar-refractivity contribution < 1.29 is 9.53 Å². The minimum atomic E-state index is 0.0487. The molecule has 3 heterocycles. The molecule has 4 rings (SSSR count). The van der Waals surface area contributed by atoms with Crippen LogP contribution in [0.3, 0.4) is 0 Å². The number of rotatable bonds is 8. The first-order valence-corrected chi connectivity index (χ1v) is 12.2. The maximum absolute atomic E-state index is 12.4. The fourth-order valence-corrected chi connectivity index (χ4v) is 4.68. The number of aromatic nitrogens is 4. The number of para-hydroxylation sites is 1. The second-order valence-corrected chi connectivity index (χ2v) is 9.60. The monoisotopic (exact) mass is 495 g/mol. The van der Waals surface area contributed by atoms with Crippen molar-refractivity contribution in [3.63, 3.8) is 0 Å². The van der Waals surface area contributed by atoms with Crippen LogP contribution in [0.2, 0.25) is 5.02 Å². The maximum Gasteiger partial charge on any atom is 0.232 e. The van der Waals surface area contributed by atoms with Gasteiger partial charge in [0.1, 0.15) is 17.9 Å². The Kier molecular flexibility index (Phi) is 7.38. The Morgan fingerprint density at radius 1 is 1.26 bits per heavy atom. The highest BCUT2D eigenvalue weighted by molar-refractivity contribution is 8.00. The summed E-state index contributed by atoms with van der Waals surface area (Å²) >= 11 is 7.90. The van der Waals surface area contributed by atoms with Gasteiger partial charge in [0.25, 0.3) is 0 Å².